The predicted octanol–water partition coefficient (Wildman–Crippen LogP) is 1.51. The van der Waals surface area contributed by atoms with Crippen LogP contribution in [-0.4, -0.2) is 28.1 Å². The first kappa shape index (κ1) is 10.7. The maximum absolute atomic E-state index is 4.11. The van der Waals surface area contributed by atoms with Gasteiger partial charge in [0.05, 0.1) is 5.52 Å². The monoisotopic (exact) mass is 230 g/mol. The quantitative estimate of drug-likeness (QED) is 0.850. The van der Waals surface area contributed by atoms with E-state index in [2.05, 4.69) is 33.8 Å². The molecule has 1 aliphatic rings. The first-order valence-corrected chi connectivity index (χ1v) is 6.32. The minimum atomic E-state index is 0.829. The summed E-state index contributed by atoms with van der Waals surface area (Å²) in [6.45, 7) is 2.33. The molecule has 1 aromatic heterocycles. The molecule has 1 N–H and O–H groups in total. The molecule has 0 radical (unpaired) electrons. The summed E-state index contributed by atoms with van der Waals surface area (Å²) >= 11 is 0. The first-order valence-electron chi connectivity index (χ1n) is 6.32. The molecule has 0 spiro atoms. The van der Waals surface area contributed by atoms with E-state index in [1.807, 2.05) is 11.7 Å². The van der Waals surface area contributed by atoms with Crippen molar-refractivity contribution in [3.05, 3.63) is 23.8 Å². The number of hydrogen-bond acceptors (Lipinski definition) is 3. The highest BCUT2D eigenvalue weighted by Gasteiger charge is 2.14. The fourth-order valence-corrected chi connectivity index (χ4v) is 2.62. The molecule has 1 fully saturated rings. The highest BCUT2D eigenvalue weighted by atomic mass is 15.4. The Balaban J connectivity index is 1.82. The number of aryl methyl sites for hydroxylation is 1. The highest BCUT2D eigenvalue weighted by molar-refractivity contribution is 5.74. The van der Waals surface area contributed by atoms with E-state index in [4.69, 9.17) is 0 Å². The minimum Gasteiger partial charge on any atom is -0.317 e. The van der Waals surface area contributed by atoms with Crippen LogP contribution < -0.4 is 5.32 Å². The number of hydrogen-bond donors (Lipinski definition) is 1. The molecule has 0 bridgehead atoms. The van der Waals surface area contributed by atoms with Crippen molar-refractivity contribution in [3.63, 3.8) is 0 Å². The van der Waals surface area contributed by atoms with E-state index in [1.54, 1.807) is 0 Å². The molecule has 1 aromatic carbocycles. The Morgan fingerprint density at radius 2 is 2.18 bits per heavy atom. The van der Waals surface area contributed by atoms with E-state index >= 15 is 0 Å². The number of benzene rings is 1. The van der Waals surface area contributed by atoms with Crippen molar-refractivity contribution in [2.24, 2.45) is 13.0 Å². The van der Waals surface area contributed by atoms with E-state index in [1.165, 1.54) is 37.9 Å². The third-order valence-corrected chi connectivity index (χ3v) is 3.66. The summed E-state index contributed by atoms with van der Waals surface area (Å²) in [5, 5.41) is 11.6. The van der Waals surface area contributed by atoms with Crippen LogP contribution in [0.1, 0.15) is 18.4 Å². The van der Waals surface area contributed by atoms with E-state index in [0.29, 0.717) is 0 Å². The molecule has 90 valence electrons. The highest BCUT2D eigenvalue weighted by Crippen LogP contribution is 2.20. The summed E-state index contributed by atoms with van der Waals surface area (Å²) in [4.78, 5) is 0. The van der Waals surface area contributed by atoms with Crippen LogP contribution >= 0.6 is 0 Å². The Morgan fingerprint density at radius 1 is 1.35 bits per heavy atom. The first-order chi connectivity index (χ1) is 8.33. The topological polar surface area (TPSA) is 42.7 Å². The lowest BCUT2D eigenvalue weighted by atomic mass is 9.91. The Bertz CT molecular complexity index is 511. The zero-order valence-electron chi connectivity index (χ0n) is 10.2. The Labute approximate surface area is 101 Å². The van der Waals surface area contributed by atoms with Crippen molar-refractivity contribution >= 4 is 11.0 Å². The largest absolute Gasteiger partial charge is 0.317 e. The van der Waals surface area contributed by atoms with E-state index in [0.717, 1.165) is 17.0 Å². The molecule has 0 aliphatic carbocycles. The average molecular weight is 230 g/mol. The molecule has 0 saturated carbocycles. The summed E-state index contributed by atoms with van der Waals surface area (Å²) < 4.78 is 1.85. The summed E-state index contributed by atoms with van der Waals surface area (Å²) in [7, 11) is 1.95. The second-order valence-electron chi connectivity index (χ2n) is 4.93. The number of nitrogens with one attached hydrogen (secondary N) is 1. The van der Waals surface area contributed by atoms with Gasteiger partial charge in [0, 0.05) is 7.05 Å². The standard InChI is InChI=1S/C13H18N4/c1-17-13-9-11(2-3-12(13)15-16-17)8-10-4-6-14-7-5-10/h2-3,9-10,14H,4-8H2,1H3. The Hall–Kier alpha value is -1.42. The Morgan fingerprint density at radius 3 is 3.00 bits per heavy atom. The van der Waals surface area contributed by atoms with Crippen molar-refractivity contribution in [2.75, 3.05) is 13.1 Å². The number of rotatable bonds is 2. The van der Waals surface area contributed by atoms with E-state index < -0.39 is 0 Å². The van der Waals surface area contributed by atoms with Gasteiger partial charge in [-0.1, -0.05) is 11.3 Å². The zero-order valence-corrected chi connectivity index (χ0v) is 10.2. The number of aromatic nitrogens is 3. The van der Waals surface area contributed by atoms with Crippen molar-refractivity contribution in [1.82, 2.24) is 20.3 Å². The molecule has 3 rings (SSSR count). The van der Waals surface area contributed by atoms with E-state index in [-0.39, 0.29) is 0 Å². The fraction of sp³-hybridized carbons (Fsp3) is 0.538. The van der Waals surface area contributed by atoms with Crippen LogP contribution in [0.2, 0.25) is 0 Å². The fourth-order valence-electron chi connectivity index (χ4n) is 2.62. The third kappa shape index (κ3) is 2.17. The lowest BCUT2D eigenvalue weighted by molar-refractivity contribution is 0.373. The summed E-state index contributed by atoms with van der Waals surface area (Å²) in [6, 6.07) is 6.51. The molecule has 17 heavy (non-hydrogen) atoms. The maximum Gasteiger partial charge on any atom is 0.113 e. The van der Waals surface area contributed by atoms with Gasteiger partial charge in [0.1, 0.15) is 5.52 Å². The molecule has 2 aromatic rings. The molecule has 1 aliphatic heterocycles. The molecule has 1 saturated heterocycles. The molecular formula is C13H18N4. The second kappa shape index (κ2) is 4.45. The van der Waals surface area contributed by atoms with Gasteiger partial charge >= 0.3 is 0 Å². The number of nitrogens with zero attached hydrogens (tertiary/aromatic N) is 3. The van der Waals surface area contributed by atoms with Gasteiger partial charge in [0.15, 0.2) is 0 Å². The molecule has 4 heteroatoms. The molecule has 0 atom stereocenters. The Kier molecular flexibility index (Phi) is 2.81. The minimum absolute atomic E-state index is 0.829. The SMILES string of the molecule is Cn1nnc2ccc(CC3CCNCC3)cc21. The van der Waals surface area contributed by atoms with Gasteiger partial charge in [-0.25, -0.2) is 4.68 Å². The number of piperidine rings is 1. The van der Waals surface area contributed by atoms with Gasteiger partial charge in [-0.05, 0) is 56.0 Å². The van der Waals surface area contributed by atoms with Crippen LogP contribution in [0.25, 0.3) is 11.0 Å². The summed E-state index contributed by atoms with van der Waals surface area (Å²) in [5.74, 6) is 0.829. The van der Waals surface area contributed by atoms with Gasteiger partial charge in [-0.15, -0.1) is 5.10 Å². The van der Waals surface area contributed by atoms with Crippen LogP contribution in [-0.2, 0) is 13.5 Å². The van der Waals surface area contributed by atoms with Crippen LogP contribution in [0.3, 0.4) is 0 Å². The van der Waals surface area contributed by atoms with Crippen LogP contribution in [0, 0.1) is 5.92 Å². The average Bonchev–Trinajstić information content (AvgIpc) is 2.73. The predicted molar refractivity (Wildman–Crippen MR) is 67.8 cm³/mol. The molecule has 4 nitrogen and oxygen atoms in total. The van der Waals surface area contributed by atoms with Crippen molar-refractivity contribution in [1.29, 1.82) is 0 Å². The zero-order chi connectivity index (χ0) is 11.7. The van der Waals surface area contributed by atoms with Crippen molar-refractivity contribution in [2.45, 2.75) is 19.3 Å². The summed E-state index contributed by atoms with van der Waals surface area (Å²) in [5.41, 5.74) is 3.53. The summed E-state index contributed by atoms with van der Waals surface area (Å²) in [6.07, 6.45) is 3.77. The molecule has 0 amide bonds. The lowest BCUT2D eigenvalue weighted by Crippen LogP contribution is -2.28. The normalized spacial score (nSPS) is 17.7. The maximum atomic E-state index is 4.11. The third-order valence-electron chi connectivity index (χ3n) is 3.66. The van der Waals surface area contributed by atoms with Gasteiger partial charge in [-0.2, -0.15) is 0 Å². The van der Waals surface area contributed by atoms with Crippen molar-refractivity contribution < 1.29 is 0 Å². The van der Waals surface area contributed by atoms with Crippen molar-refractivity contribution in [3.8, 4) is 0 Å². The molecular weight excluding hydrogens is 212 g/mol. The van der Waals surface area contributed by atoms with Gasteiger partial charge in [-0.3, -0.25) is 0 Å². The molecule has 0 unspecified atom stereocenters. The van der Waals surface area contributed by atoms with Gasteiger partial charge in [0.25, 0.3) is 0 Å². The smallest absolute Gasteiger partial charge is 0.113 e. The lowest BCUT2D eigenvalue weighted by Gasteiger charge is -2.22. The second-order valence-corrected chi connectivity index (χ2v) is 4.93. The van der Waals surface area contributed by atoms with E-state index in [9.17, 15) is 0 Å². The van der Waals surface area contributed by atoms with Crippen LogP contribution in [0.4, 0.5) is 0 Å². The van der Waals surface area contributed by atoms with Gasteiger partial charge < -0.3 is 5.32 Å². The van der Waals surface area contributed by atoms with Crippen LogP contribution in [0.5, 0.6) is 0 Å². The molecule has 2 heterocycles. The number of fused-ring (bicyclic) bond motifs is 1. The van der Waals surface area contributed by atoms with Gasteiger partial charge in [0.2, 0.25) is 0 Å². The van der Waals surface area contributed by atoms with Crippen LogP contribution in [0.15, 0.2) is 18.2 Å².